The highest BCUT2D eigenvalue weighted by Crippen LogP contribution is 2.46. The highest BCUT2D eigenvalue weighted by atomic mass is 19.1. The number of amides is 6. The molecule has 57 heavy (non-hydrogen) atoms. The number of rotatable bonds is 18. The van der Waals surface area contributed by atoms with Crippen LogP contribution in [0.25, 0.3) is 16.6 Å². The zero-order valence-corrected chi connectivity index (χ0v) is 32.6. The summed E-state index contributed by atoms with van der Waals surface area (Å²) in [5.41, 5.74) is 8.56. The number of hydrogen-bond acceptors (Lipinski definition) is 11. The lowest BCUT2D eigenvalue weighted by atomic mass is 9.75. The van der Waals surface area contributed by atoms with E-state index in [9.17, 15) is 38.0 Å². The molecule has 3 aliphatic heterocycles. The van der Waals surface area contributed by atoms with E-state index in [2.05, 4.69) is 26.6 Å². The molecule has 308 valence electrons. The first-order valence-corrected chi connectivity index (χ1v) is 19.2. The minimum Gasteiger partial charge on any atom is -0.465 e. The van der Waals surface area contributed by atoms with Crippen molar-refractivity contribution in [1.82, 2.24) is 36.5 Å². The van der Waals surface area contributed by atoms with Crippen LogP contribution in [-0.2, 0) is 56.1 Å². The average molecular weight is 795 g/mol. The van der Waals surface area contributed by atoms with Crippen LogP contribution in [-0.4, -0.2) is 96.4 Å². The number of nitrogens with two attached hydrogens (primary N) is 1. The third-order valence-corrected chi connectivity index (χ3v) is 10.5. The van der Waals surface area contributed by atoms with Crippen molar-refractivity contribution in [2.45, 2.75) is 85.0 Å². The summed E-state index contributed by atoms with van der Waals surface area (Å²) in [5.74, 6) is -4.95. The number of cyclic esters (lactones) is 1. The van der Waals surface area contributed by atoms with Gasteiger partial charge in [0.05, 0.1) is 41.8 Å². The number of benzene rings is 1. The van der Waals surface area contributed by atoms with Crippen molar-refractivity contribution >= 4 is 58.0 Å². The largest absolute Gasteiger partial charge is 0.465 e. The van der Waals surface area contributed by atoms with E-state index < -0.39 is 66.5 Å². The number of fused-ring (bicyclic) bond motifs is 5. The fourth-order valence-corrected chi connectivity index (χ4v) is 7.26. The van der Waals surface area contributed by atoms with Crippen LogP contribution in [0, 0.1) is 30.5 Å². The van der Waals surface area contributed by atoms with Gasteiger partial charge in [0.25, 0.3) is 0 Å². The summed E-state index contributed by atoms with van der Waals surface area (Å²) in [5, 5.41) is 13.3. The molecule has 0 aliphatic carbocycles. The third-order valence-electron chi connectivity index (χ3n) is 10.5. The summed E-state index contributed by atoms with van der Waals surface area (Å²) in [6.07, 6.45) is 4.94. The maximum absolute atomic E-state index is 14.8. The van der Waals surface area contributed by atoms with Crippen LogP contribution in [0.2, 0.25) is 0 Å². The van der Waals surface area contributed by atoms with E-state index in [0.29, 0.717) is 58.4 Å². The predicted molar refractivity (Wildman–Crippen MR) is 203 cm³/mol. The number of aryl methyl sites for hydroxylation is 1. The van der Waals surface area contributed by atoms with Gasteiger partial charge >= 0.3 is 5.97 Å². The first kappa shape index (κ1) is 42.6. The van der Waals surface area contributed by atoms with Gasteiger partial charge in [-0.05, 0) is 63.8 Å². The highest BCUT2D eigenvalue weighted by Gasteiger charge is 2.49. The van der Waals surface area contributed by atoms with E-state index in [0.717, 1.165) is 12.8 Å². The van der Waals surface area contributed by atoms with Gasteiger partial charge in [-0.25, -0.2) is 9.37 Å². The molecule has 1 fully saturated rings. The Hall–Kier alpha value is -5.49. The molecule has 5 unspecified atom stereocenters. The molecule has 3 aliphatic rings. The van der Waals surface area contributed by atoms with Gasteiger partial charge in [-0.3, -0.25) is 33.6 Å². The summed E-state index contributed by atoms with van der Waals surface area (Å²) in [7, 11) is 0. The van der Waals surface area contributed by atoms with Gasteiger partial charge in [-0.15, -0.1) is 0 Å². The van der Waals surface area contributed by atoms with Crippen LogP contribution in [0.4, 0.5) is 4.39 Å². The lowest BCUT2D eigenvalue weighted by molar-refractivity contribution is -0.164. The second-order valence-electron chi connectivity index (χ2n) is 14.5. The van der Waals surface area contributed by atoms with E-state index in [1.54, 1.807) is 17.9 Å². The molecular formula is C39H51FN8O9. The molecule has 0 saturated carbocycles. The highest BCUT2D eigenvalue weighted by molar-refractivity contribution is 5.98. The molecule has 5 atom stereocenters. The van der Waals surface area contributed by atoms with E-state index in [1.807, 2.05) is 13.0 Å². The molecule has 2 aromatic rings. The summed E-state index contributed by atoms with van der Waals surface area (Å²) < 4.78 is 25.5. The number of aromatic nitrogens is 1. The number of ether oxygens (including phenoxy) is 2. The third kappa shape index (κ3) is 10.1. The number of carbonyl (C=O) groups excluding carboxylic acids is 7. The Bertz CT molecular complexity index is 1960. The second-order valence-corrected chi connectivity index (χ2v) is 14.5. The topological polar surface area (TPSA) is 240 Å². The molecule has 0 spiro atoms. The van der Waals surface area contributed by atoms with Crippen molar-refractivity contribution in [2.24, 2.45) is 23.5 Å². The molecule has 0 bridgehead atoms. The first-order valence-electron chi connectivity index (χ1n) is 19.2. The average Bonchev–Trinajstić information content (AvgIpc) is 3.54. The van der Waals surface area contributed by atoms with Gasteiger partial charge in [0.2, 0.25) is 35.4 Å². The zero-order chi connectivity index (χ0) is 41.4. The summed E-state index contributed by atoms with van der Waals surface area (Å²) in [6.45, 7) is 5.93. The molecular weight excluding hydrogens is 743 g/mol. The number of unbranched alkanes of at least 4 members (excludes halogenated alkanes) is 2. The van der Waals surface area contributed by atoms with Gasteiger partial charge in [0.1, 0.15) is 37.8 Å². The number of halogens is 1. The fourth-order valence-electron chi connectivity index (χ4n) is 7.26. The van der Waals surface area contributed by atoms with E-state index >= 15 is 0 Å². The smallest absolute Gasteiger partial charge is 0.309 e. The number of esters is 1. The Kier molecular flexibility index (Phi) is 14.3. The van der Waals surface area contributed by atoms with Crippen LogP contribution in [0.1, 0.15) is 75.3 Å². The number of nitrogens with zero attached hydrogens (tertiary/aromatic N) is 2. The second kappa shape index (κ2) is 19.1. The molecule has 5 rings (SSSR count). The lowest BCUT2D eigenvalue weighted by Crippen LogP contribution is -2.50. The number of carbonyl (C=O) groups is 7. The summed E-state index contributed by atoms with van der Waals surface area (Å²) in [6, 6.07) is 1.11. The van der Waals surface area contributed by atoms with Gasteiger partial charge < -0.3 is 46.7 Å². The van der Waals surface area contributed by atoms with Crippen LogP contribution < -0.4 is 32.3 Å². The van der Waals surface area contributed by atoms with Crippen LogP contribution in [0.5, 0.6) is 0 Å². The monoisotopic (exact) mass is 794 g/mol. The zero-order valence-electron chi connectivity index (χ0n) is 32.6. The van der Waals surface area contributed by atoms with Crippen molar-refractivity contribution in [3.63, 3.8) is 0 Å². The van der Waals surface area contributed by atoms with Crippen LogP contribution in [0.3, 0.4) is 0 Å². The molecule has 4 heterocycles. The normalized spacial score (nSPS) is 19.3. The molecule has 1 saturated heterocycles. The molecule has 0 radical (unpaired) electrons. The Morgan fingerprint density at radius 1 is 1.00 bits per heavy atom. The van der Waals surface area contributed by atoms with E-state index in [-0.39, 0.29) is 56.5 Å². The molecule has 7 N–H and O–H groups in total. The molecule has 17 nitrogen and oxygen atoms in total. The fraction of sp³-hybridized carbons (Fsp3) is 0.538. The number of allylic oxidation sites excluding steroid dienone is 1. The molecule has 6 amide bonds. The van der Waals surface area contributed by atoms with E-state index in [4.69, 9.17) is 20.2 Å². The molecule has 1 aromatic carbocycles. The summed E-state index contributed by atoms with van der Waals surface area (Å²) >= 11 is 0. The summed E-state index contributed by atoms with van der Waals surface area (Å²) in [4.78, 5) is 94.8. The quantitative estimate of drug-likeness (QED) is 0.0692. The maximum atomic E-state index is 14.8. The Balaban J connectivity index is 1.11. The maximum Gasteiger partial charge on any atom is 0.309 e. The van der Waals surface area contributed by atoms with Crippen molar-refractivity contribution in [3.8, 4) is 0 Å². The van der Waals surface area contributed by atoms with Gasteiger partial charge in [0, 0.05) is 35.9 Å². The Morgan fingerprint density at radius 2 is 1.72 bits per heavy atom. The van der Waals surface area contributed by atoms with Crippen molar-refractivity contribution in [1.29, 1.82) is 0 Å². The Labute approximate surface area is 329 Å². The van der Waals surface area contributed by atoms with Gasteiger partial charge in [-0.2, -0.15) is 0 Å². The van der Waals surface area contributed by atoms with Crippen LogP contribution >= 0.6 is 0 Å². The van der Waals surface area contributed by atoms with Crippen LogP contribution in [0.15, 0.2) is 18.2 Å². The minimum atomic E-state index is -1.00. The van der Waals surface area contributed by atoms with E-state index in [1.165, 1.54) is 19.9 Å². The lowest BCUT2D eigenvalue weighted by Gasteiger charge is -2.39. The molecule has 1 aromatic heterocycles. The number of pyridine rings is 1. The Morgan fingerprint density at radius 3 is 2.44 bits per heavy atom. The number of nitrogens with one attached hydrogen (secondary N) is 5. The van der Waals surface area contributed by atoms with Gasteiger partial charge in [-0.1, -0.05) is 19.4 Å². The predicted octanol–water partition coefficient (Wildman–Crippen LogP) is 0.546. The van der Waals surface area contributed by atoms with Crippen molar-refractivity contribution < 1.29 is 47.4 Å². The first-order chi connectivity index (χ1) is 27.2. The van der Waals surface area contributed by atoms with Gasteiger partial charge in [0.15, 0.2) is 0 Å². The minimum absolute atomic E-state index is 0.00230. The standard InChI is InChI=1S/C39H51FN8O9/c1-5-23-24-12-31-35-27(16-48(31)38(54)28(24)17-57-39(23)55)26(25-11-20(2)29(40)13-30(25)47-35)14-42-34(51)18-56-19-44-37(53)22(4)46-33(50)15-43-36(52)21(3)45-32(49)9-7-6-8-10-41/h11-13,21-24,28H,5-10,14-19,41H2,1-4H3,(H,42,51)(H,43,52)(H,44,53)(H,45,49)(H,46,50). The van der Waals surface area contributed by atoms with Crippen molar-refractivity contribution in [3.05, 3.63) is 46.4 Å². The molecule has 18 heteroatoms. The van der Waals surface area contributed by atoms with Crippen molar-refractivity contribution in [2.75, 3.05) is 33.0 Å². The SMILES string of the molecule is CCC1C(=O)OCC2C(=O)N3Cc4c(nc5cc(F)c(C)cc5c4CNC(=O)COCNC(=O)C(C)NC(=O)CNC(=O)C(C)NC(=O)CCCCCN)C3=CC12. The number of hydrogen-bond donors (Lipinski definition) is 6.